The molecule has 0 aromatic heterocycles. The quantitative estimate of drug-likeness (QED) is 0.552. The highest BCUT2D eigenvalue weighted by atomic mass is 32.2. The average molecular weight is 198 g/mol. The van der Waals surface area contributed by atoms with Crippen LogP contribution in [-0.2, 0) is 14.8 Å². The number of amides is 1. The fraction of sp³-hybridized carbons (Fsp3) is 0.143. The Bertz CT molecular complexity index is 458. The van der Waals surface area contributed by atoms with E-state index in [1.807, 2.05) is 4.72 Å². The molecule has 1 heterocycles. The molecule has 0 saturated carbocycles. The zero-order chi connectivity index (χ0) is 9.64. The van der Waals surface area contributed by atoms with Gasteiger partial charge in [-0.05, 0) is 12.2 Å². The molecule has 0 aromatic rings. The molecule has 1 saturated heterocycles. The molecular weight excluding hydrogens is 192 g/mol. The Labute approximate surface area is 74.7 Å². The van der Waals surface area contributed by atoms with E-state index < -0.39 is 21.8 Å². The van der Waals surface area contributed by atoms with Gasteiger partial charge < -0.3 is 5.41 Å². The molecule has 2 aliphatic rings. The number of fused-ring (bicyclic) bond motifs is 1. The van der Waals surface area contributed by atoms with Gasteiger partial charge in [-0.15, -0.1) is 0 Å². The fourth-order valence-electron chi connectivity index (χ4n) is 1.36. The van der Waals surface area contributed by atoms with Gasteiger partial charge in [-0.1, -0.05) is 6.08 Å². The van der Waals surface area contributed by atoms with Crippen LogP contribution in [0.1, 0.15) is 0 Å². The molecule has 1 aliphatic carbocycles. The van der Waals surface area contributed by atoms with Crippen LogP contribution in [-0.4, -0.2) is 20.0 Å². The Kier molecular flexibility index (Phi) is 1.44. The van der Waals surface area contributed by atoms with Crippen LogP contribution in [0.25, 0.3) is 0 Å². The van der Waals surface area contributed by atoms with Crippen molar-refractivity contribution in [3.63, 3.8) is 0 Å². The summed E-state index contributed by atoms with van der Waals surface area (Å²) < 4.78 is 24.3. The second-order valence-electron chi connectivity index (χ2n) is 2.79. The van der Waals surface area contributed by atoms with Gasteiger partial charge in [0.15, 0.2) is 0 Å². The third kappa shape index (κ3) is 1.02. The van der Waals surface area contributed by atoms with Gasteiger partial charge in [0.1, 0.15) is 5.92 Å². The largest absolute Gasteiger partial charge is 0.304 e. The lowest BCUT2D eigenvalue weighted by Crippen LogP contribution is -2.25. The van der Waals surface area contributed by atoms with Crippen molar-refractivity contribution in [1.29, 1.82) is 5.41 Å². The minimum Gasteiger partial charge on any atom is -0.304 e. The minimum atomic E-state index is -3.66. The highest BCUT2D eigenvalue weighted by Gasteiger charge is 2.43. The molecule has 2 N–H and O–H groups in total. The molecule has 5 nitrogen and oxygen atoms in total. The molecule has 1 atom stereocenters. The van der Waals surface area contributed by atoms with E-state index in [1.165, 1.54) is 18.2 Å². The van der Waals surface area contributed by atoms with Crippen molar-refractivity contribution in [2.45, 2.75) is 0 Å². The fourth-order valence-corrected chi connectivity index (χ4v) is 2.66. The first kappa shape index (κ1) is 8.18. The van der Waals surface area contributed by atoms with Crippen LogP contribution in [0.15, 0.2) is 23.1 Å². The summed E-state index contributed by atoms with van der Waals surface area (Å²) in [6, 6.07) is 0. The van der Waals surface area contributed by atoms with Gasteiger partial charge in [-0.3, -0.25) is 4.79 Å². The van der Waals surface area contributed by atoms with E-state index >= 15 is 0 Å². The van der Waals surface area contributed by atoms with Crippen LogP contribution in [0, 0.1) is 11.3 Å². The second kappa shape index (κ2) is 2.29. The lowest BCUT2D eigenvalue weighted by molar-refractivity contribution is -0.119. The number of allylic oxidation sites excluding steroid dienone is 3. The zero-order valence-corrected chi connectivity index (χ0v) is 7.26. The number of sulfonamides is 1. The summed E-state index contributed by atoms with van der Waals surface area (Å²) in [6.45, 7) is 0. The number of nitrogens with one attached hydrogen (secondary N) is 2. The van der Waals surface area contributed by atoms with Crippen molar-refractivity contribution in [3.8, 4) is 0 Å². The highest BCUT2D eigenvalue weighted by Crippen LogP contribution is 2.28. The number of hydrogen-bond acceptors (Lipinski definition) is 4. The maximum atomic E-state index is 11.2. The summed E-state index contributed by atoms with van der Waals surface area (Å²) in [5.41, 5.74) is 0.0103. The minimum absolute atomic E-state index is 0.0103. The molecular formula is C7H6N2O3S. The molecule has 68 valence electrons. The SMILES string of the molecule is N=C1C=CC=C2C1C(=O)NS2(=O)=O. The molecule has 1 fully saturated rings. The standard InChI is InChI=1S/C7H6N2O3S/c8-4-2-1-3-5-6(4)7(10)9-13(5,11)12/h1-3,6,8H,(H,9,10). The van der Waals surface area contributed by atoms with Gasteiger partial charge in [0.25, 0.3) is 10.0 Å². The van der Waals surface area contributed by atoms with Crippen LogP contribution in [0.3, 0.4) is 0 Å². The Morgan fingerprint density at radius 1 is 1.46 bits per heavy atom. The molecule has 1 unspecified atom stereocenters. The van der Waals surface area contributed by atoms with E-state index in [-0.39, 0.29) is 10.6 Å². The maximum Gasteiger partial charge on any atom is 0.261 e. The van der Waals surface area contributed by atoms with E-state index in [9.17, 15) is 13.2 Å². The van der Waals surface area contributed by atoms with Gasteiger partial charge in [0, 0.05) is 5.71 Å². The number of carbonyl (C=O) groups excluding carboxylic acids is 1. The molecule has 0 radical (unpaired) electrons. The van der Waals surface area contributed by atoms with Crippen LogP contribution in [0.4, 0.5) is 0 Å². The molecule has 2 rings (SSSR count). The van der Waals surface area contributed by atoms with E-state index in [0.717, 1.165) is 0 Å². The Balaban J connectivity index is 2.64. The molecule has 1 amide bonds. The van der Waals surface area contributed by atoms with Crippen molar-refractivity contribution in [2.75, 3.05) is 0 Å². The van der Waals surface area contributed by atoms with Gasteiger partial charge >= 0.3 is 0 Å². The monoisotopic (exact) mass is 198 g/mol. The summed E-state index contributed by atoms with van der Waals surface area (Å²) in [5.74, 6) is -1.57. The van der Waals surface area contributed by atoms with Crippen LogP contribution in [0.2, 0.25) is 0 Å². The normalized spacial score (nSPS) is 29.5. The first-order chi connectivity index (χ1) is 6.02. The lowest BCUT2D eigenvalue weighted by Gasteiger charge is -2.08. The van der Waals surface area contributed by atoms with Gasteiger partial charge in [-0.2, -0.15) is 0 Å². The van der Waals surface area contributed by atoms with E-state index in [0.29, 0.717) is 0 Å². The topological polar surface area (TPSA) is 87.1 Å². The lowest BCUT2D eigenvalue weighted by atomic mass is 9.98. The predicted molar refractivity (Wildman–Crippen MR) is 45.5 cm³/mol. The van der Waals surface area contributed by atoms with Crippen molar-refractivity contribution >= 4 is 21.6 Å². The highest BCUT2D eigenvalue weighted by molar-refractivity contribution is 7.94. The molecule has 0 spiro atoms. The van der Waals surface area contributed by atoms with Crippen molar-refractivity contribution in [2.24, 2.45) is 5.92 Å². The number of carbonyl (C=O) groups is 1. The summed E-state index contributed by atoms with van der Waals surface area (Å²) in [4.78, 5) is 11.1. The van der Waals surface area contributed by atoms with Crippen molar-refractivity contribution < 1.29 is 13.2 Å². The van der Waals surface area contributed by atoms with E-state index in [4.69, 9.17) is 5.41 Å². The van der Waals surface area contributed by atoms with Gasteiger partial charge in [0.05, 0.1) is 4.91 Å². The molecule has 1 aliphatic heterocycles. The van der Waals surface area contributed by atoms with Crippen molar-refractivity contribution in [1.82, 2.24) is 4.72 Å². The molecule has 0 aromatic carbocycles. The van der Waals surface area contributed by atoms with Crippen LogP contribution < -0.4 is 4.72 Å². The number of hydrogen-bond donors (Lipinski definition) is 2. The maximum absolute atomic E-state index is 11.2. The van der Waals surface area contributed by atoms with E-state index in [2.05, 4.69) is 0 Å². The third-order valence-corrected chi connectivity index (χ3v) is 3.40. The Morgan fingerprint density at radius 2 is 2.15 bits per heavy atom. The van der Waals surface area contributed by atoms with Gasteiger partial charge in [0.2, 0.25) is 5.91 Å². The first-order valence-corrected chi connectivity index (χ1v) is 5.04. The summed E-state index contributed by atoms with van der Waals surface area (Å²) in [7, 11) is -3.66. The summed E-state index contributed by atoms with van der Waals surface area (Å²) in [6.07, 6.45) is 4.20. The zero-order valence-electron chi connectivity index (χ0n) is 6.44. The predicted octanol–water partition coefficient (Wildman–Crippen LogP) is -0.464. The average Bonchev–Trinajstić information content (AvgIpc) is 2.24. The summed E-state index contributed by atoms with van der Waals surface area (Å²) in [5, 5.41) is 7.37. The number of rotatable bonds is 0. The Hall–Kier alpha value is -1.43. The first-order valence-electron chi connectivity index (χ1n) is 3.56. The summed E-state index contributed by atoms with van der Waals surface area (Å²) >= 11 is 0. The van der Waals surface area contributed by atoms with Crippen LogP contribution >= 0.6 is 0 Å². The second-order valence-corrected chi connectivity index (χ2v) is 4.47. The third-order valence-electron chi connectivity index (χ3n) is 1.94. The van der Waals surface area contributed by atoms with Crippen LogP contribution in [0.5, 0.6) is 0 Å². The smallest absolute Gasteiger partial charge is 0.261 e. The molecule has 0 bridgehead atoms. The van der Waals surface area contributed by atoms with Gasteiger partial charge in [-0.25, -0.2) is 13.1 Å². The molecule has 13 heavy (non-hydrogen) atoms. The Morgan fingerprint density at radius 3 is 2.77 bits per heavy atom. The van der Waals surface area contributed by atoms with E-state index in [1.54, 1.807) is 0 Å². The molecule has 6 heteroatoms. The van der Waals surface area contributed by atoms with Crippen molar-refractivity contribution in [3.05, 3.63) is 23.1 Å².